The third-order valence-electron chi connectivity index (χ3n) is 3.16. The summed E-state index contributed by atoms with van der Waals surface area (Å²) in [7, 11) is 0. The van der Waals surface area contributed by atoms with Crippen LogP contribution in [0, 0.1) is 0 Å². The van der Waals surface area contributed by atoms with Gasteiger partial charge in [-0.25, -0.2) is 4.98 Å². The van der Waals surface area contributed by atoms with Crippen LogP contribution >= 0.6 is 11.3 Å². The monoisotopic (exact) mass is 278 g/mol. The lowest BCUT2D eigenvalue weighted by molar-refractivity contribution is -0.0707. The van der Waals surface area contributed by atoms with Crippen molar-refractivity contribution >= 4 is 11.3 Å². The summed E-state index contributed by atoms with van der Waals surface area (Å²) in [5, 5.41) is 2.03. The Morgan fingerprint density at radius 3 is 2.84 bits per heavy atom. The van der Waals surface area contributed by atoms with Gasteiger partial charge in [0.2, 0.25) is 5.89 Å². The lowest BCUT2D eigenvalue weighted by atomic mass is 10.2. The fourth-order valence-corrected chi connectivity index (χ4v) is 3.19. The van der Waals surface area contributed by atoms with Crippen LogP contribution in [0.5, 0.6) is 0 Å². The van der Waals surface area contributed by atoms with Gasteiger partial charge in [0.1, 0.15) is 6.26 Å². The first-order valence-corrected chi connectivity index (χ1v) is 7.45. The molecule has 5 heteroatoms. The molecular formula is C14H18N2O2S. The van der Waals surface area contributed by atoms with Gasteiger partial charge in [-0.1, -0.05) is 6.07 Å². The second kappa shape index (κ2) is 5.45. The number of rotatable bonds is 3. The molecule has 2 aromatic heterocycles. The second-order valence-corrected chi connectivity index (χ2v) is 6.02. The molecule has 0 amide bonds. The van der Waals surface area contributed by atoms with E-state index < -0.39 is 0 Å². The summed E-state index contributed by atoms with van der Waals surface area (Å²) >= 11 is 1.65. The van der Waals surface area contributed by atoms with Crippen LogP contribution < -0.4 is 0 Å². The summed E-state index contributed by atoms with van der Waals surface area (Å²) in [6.07, 6.45) is 2.33. The minimum absolute atomic E-state index is 0.285. The Balaban J connectivity index is 1.67. The molecule has 2 atom stereocenters. The SMILES string of the molecule is CC1CN(Cc2coc(-c3cccs3)n2)CC(C)O1. The van der Waals surface area contributed by atoms with Crippen molar-refractivity contribution in [1.82, 2.24) is 9.88 Å². The smallest absolute Gasteiger partial charge is 0.236 e. The molecule has 0 N–H and O–H groups in total. The molecule has 102 valence electrons. The van der Waals surface area contributed by atoms with Crippen molar-refractivity contribution in [3.63, 3.8) is 0 Å². The fourth-order valence-electron chi connectivity index (χ4n) is 2.54. The van der Waals surface area contributed by atoms with Gasteiger partial charge in [-0.3, -0.25) is 4.90 Å². The van der Waals surface area contributed by atoms with Crippen molar-refractivity contribution in [3.05, 3.63) is 29.5 Å². The first kappa shape index (κ1) is 12.8. The van der Waals surface area contributed by atoms with Crippen molar-refractivity contribution in [2.45, 2.75) is 32.6 Å². The minimum Gasteiger partial charge on any atom is -0.444 e. The highest BCUT2D eigenvalue weighted by Crippen LogP contribution is 2.24. The molecular weight excluding hydrogens is 260 g/mol. The molecule has 0 spiro atoms. The van der Waals surface area contributed by atoms with Gasteiger partial charge < -0.3 is 9.15 Å². The molecule has 1 aliphatic heterocycles. The van der Waals surface area contributed by atoms with Crippen molar-refractivity contribution in [2.24, 2.45) is 0 Å². The number of thiophene rings is 1. The lowest BCUT2D eigenvalue weighted by Crippen LogP contribution is -2.44. The summed E-state index contributed by atoms with van der Waals surface area (Å²) in [4.78, 5) is 8.01. The molecule has 3 heterocycles. The fraction of sp³-hybridized carbons (Fsp3) is 0.500. The molecule has 1 fully saturated rings. The van der Waals surface area contributed by atoms with E-state index in [2.05, 4.69) is 23.7 Å². The van der Waals surface area contributed by atoms with E-state index in [1.807, 2.05) is 17.5 Å². The van der Waals surface area contributed by atoms with Crippen LogP contribution in [-0.2, 0) is 11.3 Å². The molecule has 2 aromatic rings. The van der Waals surface area contributed by atoms with Crippen LogP contribution in [0.4, 0.5) is 0 Å². The van der Waals surface area contributed by atoms with E-state index in [4.69, 9.17) is 9.15 Å². The number of oxazole rings is 1. The summed E-state index contributed by atoms with van der Waals surface area (Å²) in [5.74, 6) is 0.722. The van der Waals surface area contributed by atoms with Crippen molar-refractivity contribution in [2.75, 3.05) is 13.1 Å². The van der Waals surface area contributed by atoms with E-state index in [9.17, 15) is 0 Å². The van der Waals surface area contributed by atoms with Gasteiger partial charge >= 0.3 is 0 Å². The predicted octanol–water partition coefficient (Wildman–Crippen LogP) is 3.01. The number of hydrogen-bond donors (Lipinski definition) is 0. The van der Waals surface area contributed by atoms with Crippen LogP contribution in [0.25, 0.3) is 10.8 Å². The Morgan fingerprint density at radius 2 is 2.16 bits per heavy atom. The third kappa shape index (κ3) is 3.05. The number of aromatic nitrogens is 1. The number of nitrogens with zero attached hydrogens (tertiary/aromatic N) is 2. The summed E-state index contributed by atoms with van der Waals surface area (Å²) in [6.45, 7) is 6.95. The van der Waals surface area contributed by atoms with Crippen LogP contribution in [-0.4, -0.2) is 35.2 Å². The van der Waals surface area contributed by atoms with Gasteiger partial charge in [-0.15, -0.1) is 11.3 Å². The molecule has 1 saturated heterocycles. The maximum Gasteiger partial charge on any atom is 0.236 e. The van der Waals surface area contributed by atoms with E-state index in [1.54, 1.807) is 17.6 Å². The Hall–Kier alpha value is -1.17. The van der Waals surface area contributed by atoms with E-state index in [0.29, 0.717) is 0 Å². The van der Waals surface area contributed by atoms with Crippen LogP contribution in [0.3, 0.4) is 0 Å². The number of hydrogen-bond acceptors (Lipinski definition) is 5. The third-order valence-corrected chi connectivity index (χ3v) is 4.02. The molecule has 2 unspecified atom stereocenters. The molecule has 0 saturated carbocycles. The van der Waals surface area contributed by atoms with Crippen molar-refractivity contribution in [3.8, 4) is 10.8 Å². The van der Waals surface area contributed by atoms with Crippen molar-refractivity contribution < 1.29 is 9.15 Å². The topological polar surface area (TPSA) is 38.5 Å². The Bertz CT molecular complexity index is 513. The van der Waals surface area contributed by atoms with Crippen molar-refractivity contribution in [1.29, 1.82) is 0 Å². The molecule has 3 rings (SSSR count). The van der Waals surface area contributed by atoms with Crippen LogP contribution in [0.1, 0.15) is 19.5 Å². The molecule has 1 aliphatic rings. The van der Waals surface area contributed by atoms with E-state index in [-0.39, 0.29) is 12.2 Å². The molecule has 19 heavy (non-hydrogen) atoms. The maximum absolute atomic E-state index is 5.73. The quantitative estimate of drug-likeness (QED) is 0.865. The minimum atomic E-state index is 0.285. The van der Waals surface area contributed by atoms with Gasteiger partial charge in [-0.05, 0) is 25.3 Å². The zero-order valence-corrected chi connectivity index (χ0v) is 12.0. The average molecular weight is 278 g/mol. The summed E-state index contributed by atoms with van der Waals surface area (Å²) in [5.41, 5.74) is 0.990. The zero-order valence-electron chi connectivity index (χ0n) is 11.2. The largest absolute Gasteiger partial charge is 0.444 e. The predicted molar refractivity (Wildman–Crippen MR) is 75.1 cm³/mol. The molecule has 0 aromatic carbocycles. The molecule has 0 bridgehead atoms. The highest BCUT2D eigenvalue weighted by Gasteiger charge is 2.23. The lowest BCUT2D eigenvalue weighted by Gasteiger charge is -2.34. The normalized spacial score (nSPS) is 24.7. The Labute approximate surface area is 117 Å². The van der Waals surface area contributed by atoms with Gasteiger partial charge in [0.15, 0.2) is 0 Å². The van der Waals surface area contributed by atoms with Gasteiger partial charge in [0.05, 0.1) is 22.8 Å². The molecule has 0 aliphatic carbocycles. The average Bonchev–Trinajstić information content (AvgIpc) is 2.96. The van der Waals surface area contributed by atoms with Gasteiger partial charge in [0.25, 0.3) is 0 Å². The van der Waals surface area contributed by atoms with Crippen LogP contribution in [0.15, 0.2) is 28.2 Å². The van der Waals surface area contributed by atoms with Gasteiger partial charge in [-0.2, -0.15) is 0 Å². The highest BCUT2D eigenvalue weighted by molar-refractivity contribution is 7.13. The Morgan fingerprint density at radius 1 is 1.37 bits per heavy atom. The van der Waals surface area contributed by atoms with Gasteiger partial charge in [0, 0.05) is 19.6 Å². The second-order valence-electron chi connectivity index (χ2n) is 5.07. The summed E-state index contributed by atoms with van der Waals surface area (Å²) < 4.78 is 11.3. The standard InChI is InChI=1S/C14H18N2O2S/c1-10-6-16(7-11(2)18-10)8-12-9-17-14(15-12)13-4-3-5-19-13/h3-5,9-11H,6-8H2,1-2H3. The molecule has 0 radical (unpaired) electrons. The highest BCUT2D eigenvalue weighted by atomic mass is 32.1. The number of ether oxygens (including phenoxy) is 1. The van der Waals surface area contributed by atoms with E-state index >= 15 is 0 Å². The number of morpholine rings is 1. The maximum atomic E-state index is 5.73. The van der Waals surface area contributed by atoms with Crippen LogP contribution in [0.2, 0.25) is 0 Å². The Kier molecular flexibility index (Phi) is 3.68. The van der Waals surface area contributed by atoms with E-state index in [0.717, 1.165) is 36.1 Å². The molecule has 4 nitrogen and oxygen atoms in total. The van der Waals surface area contributed by atoms with E-state index in [1.165, 1.54) is 0 Å². The summed E-state index contributed by atoms with van der Waals surface area (Å²) in [6, 6.07) is 4.04. The first-order valence-electron chi connectivity index (χ1n) is 6.57. The first-order chi connectivity index (χ1) is 9.20. The zero-order chi connectivity index (χ0) is 13.2.